The van der Waals surface area contributed by atoms with Crippen LogP contribution < -0.4 is 0 Å². The van der Waals surface area contributed by atoms with Gasteiger partial charge in [0, 0.05) is 6.04 Å². The summed E-state index contributed by atoms with van der Waals surface area (Å²) in [4.78, 5) is 11.4. The van der Waals surface area contributed by atoms with Crippen molar-refractivity contribution in [3.8, 4) is 0 Å². The van der Waals surface area contributed by atoms with Crippen molar-refractivity contribution in [1.29, 1.82) is 0 Å². The highest BCUT2D eigenvalue weighted by Gasteiger charge is 2.24. The highest BCUT2D eigenvalue weighted by atomic mass is 19.1. The van der Waals surface area contributed by atoms with E-state index in [9.17, 15) is 9.18 Å². The Balaban J connectivity index is 2.46. The normalized spacial score (nSPS) is 19.1. The molecule has 1 fully saturated rings. The molecule has 3 nitrogen and oxygen atoms in total. The molecule has 0 atom stereocenters. The van der Waals surface area contributed by atoms with Crippen molar-refractivity contribution in [2.45, 2.75) is 38.1 Å². The maximum Gasteiger partial charge on any atom is 0.409 e. The molecule has 1 aliphatic carbocycles. The van der Waals surface area contributed by atoms with Crippen molar-refractivity contribution in [1.82, 2.24) is 4.90 Å². The summed E-state index contributed by atoms with van der Waals surface area (Å²) in [5, 5.41) is 8.61. The molecule has 0 aromatic heterocycles. The lowest BCUT2D eigenvalue weighted by molar-refractivity contribution is 0.0841. The molecular weight excluding hydrogens is 161 g/mol. The van der Waals surface area contributed by atoms with Gasteiger partial charge in [-0.3, -0.25) is 4.90 Å². The van der Waals surface area contributed by atoms with Gasteiger partial charge in [-0.05, 0) is 12.8 Å². The van der Waals surface area contributed by atoms with Crippen LogP contribution in [-0.4, -0.2) is 28.9 Å². The fourth-order valence-electron chi connectivity index (χ4n) is 1.70. The van der Waals surface area contributed by atoms with Gasteiger partial charge in [0.2, 0.25) is 0 Å². The van der Waals surface area contributed by atoms with E-state index in [1.54, 1.807) is 0 Å². The Hall–Kier alpha value is -0.800. The highest BCUT2D eigenvalue weighted by molar-refractivity contribution is 5.65. The van der Waals surface area contributed by atoms with Crippen LogP contribution in [0.4, 0.5) is 9.18 Å². The molecule has 0 aliphatic heterocycles. The van der Waals surface area contributed by atoms with Crippen LogP contribution in [0.2, 0.25) is 0 Å². The molecule has 70 valence electrons. The number of hydrogen-bond donors (Lipinski definition) is 1. The van der Waals surface area contributed by atoms with Crippen molar-refractivity contribution in [2.75, 3.05) is 6.80 Å². The molecule has 1 amide bonds. The maximum absolute atomic E-state index is 12.2. The second kappa shape index (κ2) is 4.28. The summed E-state index contributed by atoms with van der Waals surface area (Å²) in [6.45, 7) is -0.875. The SMILES string of the molecule is O=C(O)N(CF)C1CCCCC1. The van der Waals surface area contributed by atoms with Gasteiger partial charge in [-0.2, -0.15) is 0 Å². The first-order chi connectivity index (χ1) is 5.75. The number of alkyl halides is 1. The van der Waals surface area contributed by atoms with Gasteiger partial charge < -0.3 is 5.11 Å². The minimum atomic E-state index is -1.13. The predicted molar refractivity (Wildman–Crippen MR) is 42.7 cm³/mol. The van der Waals surface area contributed by atoms with Crippen LogP contribution in [0.3, 0.4) is 0 Å². The molecule has 0 radical (unpaired) electrons. The zero-order valence-electron chi connectivity index (χ0n) is 7.00. The number of amides is 1. The first-order valence-electron chi connectivity index (χ1n) is 4.31. The largest absolute Gasteiger partial charge is 0.465 e. The number of hydrogen-bond acceptors (Lipinski definition) is 1. The monoisotopic (exact) mass is 175 g/mol. The van der Waals surface area contributed by atoms with Gasteiger partial charge in [-0.25, -0.2) is 9.18 Å². The van der Waals surface area contributed by atoms with Crippen molar-refractivity contribution < 1.29 is 14.3 Å². The third-order valence-electron chi connectivity index (χ3n) is 2.39. The first kappa shape index (κ1) is 9.29. The molecule has 12 heavy (non-hydrogen) atoms. The number of halogens is 1. The zero-order chi connectivity index (χ0) is 8.97. The molecule has 0 spiro atoms. The molecule has 0 bridgehead atoms. The minimum absolute atomic E-state index is 0.0822. The van der Waals surface area contributed by atoms with E-state index in [2.05, 4.69) is 0 Å². The van der Waals surface area contributed by atoms with Crippen molar-refractivity contribution in [3.63, 3.8) is 0 Å². The molecular formula is C8H14FNO2. The lowest BCUT2D eigenvalue weighted by Crippen LogP contribution is -2.39. The third kappa shape index (κ3) is 2.09. The summed E-state index contributed by atoms with van der Waals surface area (Å²) in [7, 11) is 0. The average Bonchev–Trinajstić information content (AvgIpc) is 2.07. The van der Waals surface area contributed by atoms with E-state index in [0.29, 0.717) is 0 Å². The first-order valence-corrected chi connectivity index (χ1v) is 4.31. The molecule has 1 aliphatic rings. The molecule has 0 saturated heterocycles. The Morgan fingerprint density at radius 2 is 2.00 bits per heavy atom. The van der Waals surface area contributed by atoms with Crippen molar-refractivity contribution in [3.05, 3.63) is 0 Å². The van der Waals surface area contributed by atoms with Crippen LogP contribution in [0.5, 0.6) is 0 Å². The molecule has 4 heteroatoms. The molecule has 0 aromatic carbocycles. The van der Waals surface area contributed by atoms with E-state index >= 15 is 0 Å². The van der Waals surface area contributed by atoms with E-state index in [0.717, 1.165) is 37.0 Å². The summed E-state index contributed by atoms with van der Waals surface area (Å²) in [6, 6.07) is -0.0822. The summed E-state index contributed by atoms with van der Waals surface area (Å²) >= 11 is 0. The topological polar surface area (TPSA) is 40.5 Å². The predicted octanol–water partition coefficient (Wildman–Crippen LogP) is 2.23. The average molecular weight is 175 g/mol. The second-order valence-corrected chi connectivity index (χ2v) is 3.16. The summed E-state index contributed by atoms with van der Waals surface area (Å²) in [5.74, 6) is 0. The van der Waals surface area contributed by atoms with Crippen LogP contribution in [0.15, 0.2) is 0 Å². The van der Waals surface area contributed by atoms with Gasteiger partial charge in [0.05, 0.1) is 0 Å². The number of nitrogens with zero attached hydrogens (tertiary/aromatic N) is 1. The van der Waals surface area contributed by atoms with E-state index in [4.69, 9.17) is 5.11 Å². The van der Waals surface area contributed by atoms with E-state index in [1.165, 1.54) is 0 Å². The number of carboxylic acid groups (broad SMARTS) is 1. The van der Waals surface area contributed by atoms with Crippen LogP contribution in [-0.2, 0) is 0 Å². The zero-order valence-corrected chi connectivity index (χ0v) is 7.00. The van der Waals surface area contributed by atoms with Gasteiger partial charge in [-0.1, -0.05) is 19.3 Å². The fraction of sp³-hybridized carbons (Fsp3) is 0.875. The van der Waals surface area contributed by atoms with Gasteiger partial charge >= 0.3 is 6.09 Å². The molecule has 0 aromatic rings. The Morgan fingerprint density at radius 1 is 1.42 bits per heavy atom. The van der Waals surface area contributed by atoms with Crippen LogP contribution in [0.1, 0.15) is 32.1 Å². The molecule has 0 heterocycles. The molecule has 0 unspecified atom stereocenters. The maximum atomic E-state index is 12.2. The Morgan fingerprint density at radius 3 is 2.42 bits per heavy atom. The van der Waals surface area contributed by atoms with E-state index in [-0.39, 0.29) is 6.04 Å². The van der Waals surface area contributed by atoms with Crippen molar-refractivity contribution >= 4 is 6.09 Å². The van der Waals surface area contributed by atoms with Gasteiger partial charge in [0.1, 0.15) is 0 Å². The molecule has 1 rings (SSSR count). The van der Waals surface area contributed by atoms with Gasteiger partial charge in [0.15, 0.2) is 6.80 Å². The Labute approximate surface area is 71.2 Å². The fourth-order valence-corrected chi connectivity index (χ4v) is 1.70. The van der Waals surface area contributed by atoms with Crippen LogP contribution in [0, 0.1) is 0 Å². The van der Waals surface area contributed by atoms with E-state index in [1.807, 2.05) is 0 Å². The van der Waals surface area contributed by atoms with Gasteiger partial charge in [-0.15, -0.1) is 0 Å². The quantitative estimate of drug-likeness (QED) is 0.654. The molecule has 1 saturated carbocycles. The van der Waals surface area contributed by atoms with Crippen molar-refractivity contribution in [2.24, 2.45) is 0 Å². The lowest BCUT2D eigenvalue weighted by Gasteiger charge is -2.29. The summed E-state index contributed by atoms with van der Waals surface area (Å²) in [6.07, 6.45) is 3.69. The molecule has 1 N–H and O–H groups in total. The lowest BCUT2D eigenvalue weighted by atomic mass is 9.95. The van der Waals surface area contributed by atoms with E-state index < -0.39 is 12.9 Å². The number of carbonyl (C=O) groups is 1. The van der Waals surface area contributed by atoms with Crippen LogP contribution >= 0.6 is 0 Å². The second-order valence-electron chi connectivity index (χ2n) is 3.16. The Bertz CT molecular complexity index is 157. The highest BCUT2D eigenvalue weighted by Crippen LogP contribution is 2.22. The Kier molecular flexibility index (Phi) is 3.31. The summed E-state index contributed by atoms with van der Waals surface area (Å²) < 4.78 is 12.2. The van der Waals surface area contributed by atoms with Gasteiger partial charge in [0.25, 0.3) is 0 Å². The third-order valence-corrected chi connectivity index (χ3v) is 2.39. The standard InChI is InChI=1S/C8H14FNO2/c9-6-10(8(11)12)7-4-2-1-3-5-7/h7H,1-6H2,(H,11,12). The smallest absolute Gasteiger partial charge is 0.409 e. The summed E-state index contributed by atoms with van der Waals surface area (Å²) in [5.41, 5.74) is 0. The minimum Gasteiger partial charge on any atom is -0.465 e. The van der Waals surface area contributed by atoms with Crippen LogP contribution in [0.25, 0.3) is 0 Å². The number of rotatable bonds is 2.